The lowest BCUT2D eigenvalue weighted by Crippen LogP contribution is -2.42. The van der Waals surface area contributed by atoms with Crippen LogP contribution < -0.4 is 10.6 Å². The fraction of sp³-hybridized carbons (Fsp3) is 0.700. The molecule has 1 amide bonds. The highest BCUT2D eigenvalue weighted by molar-refractivity contribution is 5.81. The predicted molar refractivity (Wildman–Crippen MR) is 60.6 cm³/mol. The highest BCUT2D eigenvalue weighted by Gasteiger charge is 2.11. The topological polar surface area (TPSA) is 71.8 Å². The quantitative estimate of drug-likeness (QED) is 0.704. The molecule has 90 valence electrons. The number of hydrogen-bond donors (Lipinski definition) is 2. The molecule has 1 unspecified atom stereocenters. The fourth-order valence-electron chi connectivity index (χ4n) is 1.22. The summed E-state index contributed by atoms with van der Waals surface area (Å²) in [4.78, 5) is 15.6. The molecule has 0 saturated heterocycles. The molecule has 0 spiro atoms. The van der Waals surface area contributed by atoms with Crippen molar-refractivity contribution < 1.29 is 4.79 Å². The molecule has 1 heterocycles. The third-order valence-corrected chi connectivity index (χ3v) is 2.31. The van der Waals surface area contributed by atoms with Gasteiger partial charge < -0.3 is 5.32 Å². The van der Waals surface area contributed by atoms with Crippen molar-refractivity contribution in [2.45, 2.75) is 32.9 Å². The van der Waals surface area contributed by atoms with Crippen LogP contribution in [0.2, 0.25) is 0 Å². The predicted octanol–water partition coefficient (Wildman–Crippen LogP) is -0.181. The summed E-state index contributed by atoms with van der Waals surface area (Å²) in [5.74, 6) is 0.833. The third-order valence-electron chi connectivity index (χ3n) is 2.31. The second-order valence-electron chi connectivity index (χ2n) is 3.69. The van der Waals surface area contributed by atoms with E-state index in [1.54, 1.807) is 4.68 Å². The molecule has 0 aromatic carbocycles. The van der Waals surface area contributed by atoms with Gasteiger partial charge in [-0.15, -0.1) is 0 Å². The van der Waals surface area contributed by atoms with Crippen LogP contribution >= 0.6 is 0 Å². The van der Waals surface area contributed by atoms with Gasteiger partial charge in [0, 0.05) is 13.6 Å². The van der Waals surface area contributed by atoms with Crippen molar-refractivity contribution >= 4 is 5.91 Å². The Morgan fingerprint density at radius 1 is 1.62 bits per heavy atom. The van der Waals surface area contributed by atoms with Crippen molar-refractivity contribution in [3.8, 4) is 0 Å². The maximum atomic E-state index is 11.5. The van der Waals surface area contributed by atoms with Crippen LogP contribution in [0.4, 0.5) is 0 Å². The zero-order chi connectivity index (χ0) is 12.0. The fourth-order valence-corrected chi connectivity index (χ4v) is 1.22. The number of nitrogens with zero attached hydrogens (tertiary/aromatic N) is 3. The van der Waals surface area contributed by atoms with E-state index in [2.05, 4.69) is 20.7 Å². The Hall–Kier alpha value is -1.43. The number of carbonyl (C=O) groups is 1. The van der Waals surface area contributed by atoms with Crippen molar-refractivity contribution in [1.82, 2.24) is 25.4 Å². The average Bonchev–Trinajstić information content (AvgIpc) is 2.68. The van der Waals surface area contributed by atoms with Crippen molar-refractivity contribution in [1.29, 1.82) is 0 Å². The van der Waals surface area contributed by atoms with E-state index in [0.29, 0.717) is 6.54 Å². The first-order valence-electron chi connectivity index (χ1n) is 5.49. The molecule has 6 heteroatoms. The lowest BCUT2D eigenvalue weighted by atomic mass is 10.3. The Morgan fingerprint density at radius 2 is 2.38 bits per heavy atom. The van der Waals surface area contributed by atoms with E-state index in [1.807, 2.05) is 20.9 Å². The molecule has 1 aromatic rings. The molecular weight excluding hydrogens is 206 g/mol. The maximum absolute atomic E-state index is 11.5. The molecule has 1 atom stereocenters. The summed E-state index contributed by atoms with van der Waals surface area (Å²) in [6.07, 6.45) is 2.45. The third kappa shape index (κ3) is 3.62. The Morgan fingerprint density at radius 3 is 2.94 bits per heavy atom. The summed E-state index contributed by atoms with van der Waals surface area (Å²) in [5, 5.41) is 9.89. The van der Waals surface area contributed by atoms with E-state index in [9.17, 15) is 4.79 Å². The summed E-state index contributed by atoms with van der Waals surface area (Å²) in [6.45, 7) is 5.12. The minimum atomic E-state index is -0.219. The molecule has 0 aliphatic carbocycles. The largest absolute Gasteiger partial charge is 0.355 e. The van der Waals surface area contributed by atoms with Gasteiger partial charge in [0.1, 0.15) is 12.2 Å². The first-order valence-corrected chi connectivity index (χ1v) is 5.49. The number of amides is 1. The van der Waals surface area contributed by atoms with E-state index in [0.717, 1.165) is 18.8 Å². The molecule has 0 aliphatic rings. The van der Waals surface area contributed by atoms with Gasteiger partial charge in [0.25, 0.3) is 0 Å². The molecule has 16 heavy (non-hydrogen) atoms. The zero-order valence-corrected chi connectivity index (χ0v) is 10.0. The highest BCUT2D eigenvalue weighted by atomic mass is 16.2. The summed E-state index contributed by atoms with van der Waals surface area (Å²) < 4.78 is 1.68. The highest BCUT2D eigenvalue weighted by Crippen LogP contribution is 1.91. The van der Waals surface area contributed by atoms with Crippen molar-refractivity contribution in [2.75, 3.05) is 6.54 Å². The van der Waals surface area contributed by atoms with E-state index in [1.165, 1.54) is 6.33 Å². The maximum Gasteiger partial charge on any atom is 0.236 e. The van der Waals surface area contributed by atoms with Gasteiger partial charge in [-0.1, -0.05) is 6.92 Å². The molecule has 6 nitrogen and oxygen atoms in total. The lowest BCUT2D eigenvalue weighted by molar-refractivity contribution is -0.122. The summed E-state index contributed by atoms with van der Waals surface area (Å²) >= 11 is 0. The molecule has 1 aromatic heterocycles. The van der Waals surface area contributed by atoms with Crippen LogP contribution in [0.15, 0.2) is 6.33 Å². The van der Waals surface area contributed by atoms with Gasteiger partial charge in [0.15, 0.2) is 0 Å². The Labute approximate surface area is 95.4 Å². The lowest BCUT2D eigenvalue weighted by Gasteiger charge is -2.13. The van der Waals surface area contributed by atoms with E-state index < -0.39 is 0 Å². The molecule has 0 bridgehead atoms. The number of nitrogens with one attached hydrogen (secondary N) is 2. The first-order chi connectivity index (χ1) is 7.65. The smallest absolute Gasteiger partial charge is 0.236 e. The van der Waals surface area contributed by atoms with Crippen LogP contribution in [0, 0.1) is 0 Å². The molecule has 2 N–H and O–H groups in total. The second-order valence-corrected chi connectivity index (χ2v) is 3.69. The van der Waals surface area contributed by atoms with Gasteiger partial charge >= 0.3 is 0 Å². The number of aromatic nitrogens is 3. The van der Waals surface area contributed by atoms with Crippen molar-refractivity contribution in [3.05, 3.63) is 12.2 Å². The van der Waals surface area contributed by atoms with Gasteiger partial charge in [-0.3, -0.25) is 14.8 Å². The van der Waals surface area contributed by atoms with Crippen LogP contribution in [0.3, 0.4) is 0 Å². The number of carbonyl (C=O) groups excluding carboxylic acids is 1. The van der Waals surface area contributed by atoms with Crippen LogP contribution in [-0.2, 0) is 18.4 Å². The van der Waals surface area contributed by atoms with Crippen LogP contribution in [0.5, 0.6) is 0 Å². The molecule has 0 aliphatic heterocycles. The van der Waals surface area contributed by atoms with E-state index in [4.69, 9.17) is 0 Å². The number of hydrogen-bond acceptors (Lipinski definition) is 4. The number of aryl methyl sites for hydroxylation is 1. The Kier molecular flexibility index (Phi) is 4.91. The molecule has 0 fully saturated rings. The van der Waals surface area contributed by atoms with Crippen molar-refractivity contribution in [3.63, 3.8) is 0 Å². The number of rotatable bonds is 6. The molecule has 0 radical (unpaired) electrons. The normalized spacial score (nSPS) is 12.4. The first kappa shape index (κ1) is 12.6. The SMILES string of the molecule is CCCNC(=O)C(C)NCc1ncnn1C. The van der Waals surface area contributed by atoms with E-state index in [-0.39, 0.29) is 11.9 Å². The van der Waals surface area contributed by atoms with Crippen LogP contribution in [0.1, 0.15) is 26.1 Å². The Bertz CT molecular complexity index is 336. The zero-order valence-electron chi connectivity index (χ0n) is 10.0. The average molecular weight is 225 g/mol. The van der Waals surface area contributed by atoms with Gasteiger partial charge in [0.05, 0.1) is 12.6 Å². The minimum absolute atomic E-state index is 0.0176. The van der Waals surface area contributed by atoms with Gasteiger partial charge in [-0.25, -0.2) is 4.98 Å². The monoisotopic (exact) mass is 225 g/mol. The standard InChI is InChI=1S/C10H19N5O/c1-4-5-11-10(16)8(2)12-6-9-13-7-14-15(9)3/h7-8,12H,4-6H2,1-3H3,(H,11,16). The Balaban J connectivity index is 2.32. The molecule has 0 saturated carbocycles. The van der Waals surface area contributed by atoms with Crippen LogP contribution in [0.25, 0.3) is 0 Å². The van der Waals surface area contributed by atoms with Gasteiger partial charge in [-0.05, 0) is 13.3 Å². The van der Waals surface area contributed by atoms with Gasteiger partial charge in [-0.2, -0.15) is 5.10 Å². The molecular formula is C10H19N5O. The summed E-state index contributed by atoms with van der Waals surface area (Å²) in [6, 6.07) is -0.219. The van der Waals surface area contributed by atoms with Gasteiger partial charge in [0.2, 0.25) is 5.91 Å². The molecule has 1 rings (SSSR count). The van der Waals surface area contributed by atoms with Crippen LogP contribution in [-0.4, -0.2) is 33.3 Å². The van der Waals surface area contributed by atoms with Crippen molar-refractivity contribution in [2.24, 2.45) is 7.05 Å². The minimum Gasteiger partial charge on any atom is -0.355 e. The summed E-state index contributed by atoms with van der Waals surface area (Å²) in [7, 11) is 1.83. The van der Waals surface area contributed by atoms with E-state index >= 15 is 0 Å². The second kappa shape index (κ2) is 6.22. The summed E-state index contributed by atoms with van der Waals surface area (Å²) in [5.41, 5.74) is 0.